The number of hydrogen-bond acceptors (Lipinski definition) is 3. The largest absolute Gasteiger partial charge is 0.404 e. The van der Waals surface area contributed by atoms with E-state index < -0.39 is 13.3 Å². The van der Waals surface area contributed by atoms with Gasteiger partial charge >= 0.3 is 13.3 Å². The van der Waals surface area contributed by atoms with Crippen LogP contribution in [-0.4, -0.2) is 18.5 Å². The van der Waals surface area contributed by atoms with Crippen molar-refractivity contribution in [2.75, 3.05) is 18.5 Å². The van der Waals surface area contributed by atoms with Crippen molar-refractivity contribution in [3.8, 4) is 0 Å². The van der Waals surface area contributed by atoms with Crippen LogP contribution in [0.3, 0.4) is 0 Å². The van der Waals surface area contributed by atoms with Crippen molar-refractivity contribution in [3.63, 3.8) is 0 Å². The molecule has 1 aromatic rings. The van der Waals surface area contributed by atoms with Crippen LogP contribution in [0, 0.1) is 0 Å². The van der Waals surface area contributed by atoms with Crippen LogP contribution in [0.2, 0.25) is 0 Å². The van der Waals surface area contributed by atoms with Crippen molar-refractivity contribution in [3.05, 3.63) is 33.8 Å². The smallest absolute Gasteiger partial charge is 0.304 e. The number of hydrogen-bond donors (Lipinski definition) is 0. The minimum Gasteiger partial charge on any atom is -0.304 e. The zero-order chi connectivity index (χ0) is 16.8. The van der Waals surface area contributed by atoms with E-state index in [2.05, 4.69) is 31.9 Å². The van der Waals surface area contributed by atoms with Crippen molar-refractivity contribution in [2.45, 2.75) is 32.4 Å². The van der Waals surface area contributed by atoms with Crippen LogP contribution in [0.5, 0.6) is 0 Å². The summed E-state index contributed by atoms with van der Waals surface area (Å²) in [5.41, 5.74) is -3.18. The molecule has 0 fully saturated rings. The highest BCUT2D eigenvalue weighted by molar-refractivity contribution is 9.10. The number of rotatable bonds is 9. The summed E-state index contributed by atoms with van der Waals surface area (Å²) < 4.78 is 51.6. The maximum absolute atomic E-state index is 14.7. The van der Waals surface area contributed by atoms with Gasteiger partial charge in [-0.15, -0.1) is 0 Å². The molecule has 3 nitrogen and oxygen atoms in total. The minimum atomic E-state index is -4.58. The molecule has 0 saturated carbocycles. The second-order valence-corrected chi connectivity index (χ2v) is 8.20. The Hall–Kier alpha value is 0.190. The lowest BCUT2D eigenvalue weighted by molar-refractivity contribution is 0.0354. The van der Waals surface area contributed by atoms with Crippen LogP contribution in [0.1, 0.15) is 31.4 Å². The van der Waals surface area contributed by atoms with Crippen molar-refractivity contribution in [1.82, 2.24) is 0 Å². The van der Waals surface area contributed by atoms with Gasteiger partial charge in [0.25, 0.3) is 0 Å². The van der Waals surface area contributed by atoms with Crippen LogP contribution in [-0.2, 0) is 25.7 Å². The van der Waals surface area contributed by atoms with E-state index in [1.54, 1.807) is 12.1 Å². The number of halogens is 4. The average molecular weight is 464 g/mol. The maximum Gasteiger partial charge on any atom is 0.404 e. The first kappa shape index (κ1) is 20.2. The SMILES string of the molecule is CCOP(=O)(OCC)C(F)(F)c1ccc(CCCBr)cc1Br. The molecule has 0 aliphatic carbocycles. The number of aryl methyl sites for hydroxylation is 1. The fourth-order valence-electron chi connectivity index (χ4n) is 1.92. The van der Waals surface area contributed by atoms with Gasteiger partial charge in [-0.3, -0.25) is 4.57 Å². The summed E-state index contributed by atoms with van der Waals surface area (Å²) in [6.07, 6.45) is 1.67. The van der Waals surface area contributed by atoms with Gasteiger partial charge in [-0.05, 0) is 38.3 Å². The average Bonchev–Trinajstić information content (AvgIpc) is 2.45. The Balaban J connectivity index is 3.17. The summed E-state index contributed by atoms with van der Waals surface area (Å²) in [6.45, 7) is 2.77. The number of benzene rings is 1. The molecule has 1 aromatic carbocycles. The molecule has 0 N–H and O–H groups in total. The van der Waals surface area contributed by atoms with E-state index in [0.29, 0.717) is 0 Å². The van der Waals surface area contributed by atoms with Crippen LogP contribution >= 0.6 is 39.5 Å². The normalized spacial score (nSPS) is 12.6. The summed E-state index contributed by atoms with van der Waals surface area (Å²) >= 11 is 6.48. The topological polar surface area (TPSA) is 35.5 Å². The van der Waals surface area contributed by atoms with E-state index in [-0.39, 0.29) is 23.2 Å². The van der Waals surface area contributed by atoms with Gasteiger partial charge in [0.05, 0.1) is 13.2 Å². The molecule has 0 radical (unpaired) electrons. The van der Waals surface area contributed by atoms with Crippen LogP contribution < -0.4 is 0 Å². The molecule has 0 heterocycles. The summed E-state index contributed by atoms with van der Waals surface area (Å²) in [7, 11) is -4.58. The van der Waals surface area contributed by atoms with E-state index in [1.165, 1.54) is 19.9 Å². The van der Waals surface area contributed by atoms with Gasteiger partial charge in [0, 0.05) is 15.4 Å². The first-order chi connectivity index (χ1) is 10.3. The van der Waals surface area contributed by atoms with Crippen molar-refractivity contribution in [2.24, 2.45) is 0 Å². The zero-order valence-electron chi connectivity index (χ0n) is 12.5. The molecule has 126 valence electrons. The first-order valence-electron chi connectivity index (χ1n) is 6.94. The second-order valence-electron chi connectivity index (χ2n) is 4.48. The summed E-state index contributed by atoms with van der Waals surface area (Å²) in [6, 6.07) is 4.51. The van der Waals surface area contributed by atoms with Gasteiger partial charge < -0.3 is 9.05 Å². The monoisotopic (exact) mass is 462 g/mol. The third-order valence-electron chi connectivity index (χ3n) is 2.90. The van der Waals surface area contributed by atoms with Gasteiger partial charge in [0.1, 0.15) is 0 Å². The Labute approximate surface area is 146 Å². The lowest BCUT2D eigenvalue weighted by Gasteiger charge is -2.26. The van der Waals surface area contributed by atoms with Crippen LogP contribution in [0.4, 0.5) is 8.78 Å². The lowest BCUT2D eigenvalue weighted by atomic mass is 10.1. The fraction of sp³-hybridized carbons (Fsp3) is 0.571. The summed E-state index contributed by atoms with van der Waals surface area (Å²) in [5, 5.41) is 0.840. The van der Waals surface area contributed by atoms with E-state index in [0.717, 1.165) is 23.7 Å². The third-order valence-corrected chi connectivity index (χ3v) is 6.24. The third kappa shape index (κ3) is 4.60. The molecular formula is C14H19Br2F2O3P. The Morgan fingerprint density at radius 2 is 1.82 bits per heavy atom. The quantitative estimate of drug-likeness (QED) is 0.328. The molecule has 0 atom stereocenters. The molecule has 22 heavy (non-hydrogen) atoms. The highest BCUT2D eigenvalue weighted by atomic mass is 79.9. The second kappa shape index (κ2) is 8.88. The van der Waals surface area contributed by atoms with E-state index in [1.807, 2.05) is 0 Å². The maximum atomic E-state index is 14.7. The zero-order valence-corrected chi connectivity index (χ0v) is 16.5. The molecule has 0 aliphatic rings. The first-order valence-corrected chi connectivity index (χ1v) is 10.4. The number of alkyl halides is 3. The molecule has 0 bridgehead atoms. The Bertz CT molecular complexity index is 531. The lowest BCUT2D eigenvalue weighted by Crippen LogP contribution is -2.19. The van der Waals surface area contributed by atoms with Gasteiger partial charge in [-0.1, -0.05) is 44.0 Å². The molecule has 1 rings (SSSR count). The van der Waals surface area contributed by atoms with E-state index >= 15 is 0 Å². The van der Waals surface area contributed by atoms with Gasteiger partial charge in [0.2, 0.25) is 0 Å². The predicted molar refractivity (Wildman–Crippen MR) is 91.0 cm³/mol. The van der Waals surface area contributed by atoms with Crippen molar-refractivity contribution in [1.29, 1.82) is 0 Å². The molecule has 0 saturated heterocycles. The molecular weight excluding hydrogens is 445 g/mol. The minimum absolute atomic E-state index is 0.117. The standard InChI is InChI=1S/C14H19Br2F2O3P/c1-3-20-22(19,21-4-2)14(17,18)12-8-7-11(6-5-9-15)10-13(12)16/h7-8,10H,3-6,9H2,1-2H3. The highest BCUT2D eigenvalue weighted by Crippen LogP contribution is 2.67. The Morgan fingerprint density at radius 3 is 2.27 bits per heavy atom. The highest BCUT2D eigenvalue weighted by Gasteiger charge is 2.55. The summed E-state index contributed by atoms with van der Waals surface area (Å²) in [4.78, 5) is 0. The molecule has 0 amide bonds. The van der Waals surface area contributed by atoms with Crippen LogP contribution in [0.25, 0.3) is 0 Å². The molecule has 8 heteroatoms. The van der Waals surface area contributed by atoms with Gasteiger partial charge in [0.15, 0.2) is 0 Å². The predicted octanol–water partition coefficient (Wildman–Crippen LogP) is 6.09. The molecule has 0 aliphatic heterocycles. The van der Waals surface area contributed by atoms with Crippen molar-refractivity contribution >= 4 is 39.5 Å². The van der Waals surface area contributed by atoms with Gasteiger partial charge in [-0.2, -0.15) is 8.78 Å². The Kier molecular flexibility index (Phi) is 8.17. The summed E-state index contributed by atoms with van der Waals surface area (Å²) in [5.74, 6) is 0. The van der Waals surface area contributed by atoms with Crippen LogP contribution in [0.15, 0.2) is 22.7 Å². The molecule has 0 spiro atoms. The fourth-order valence-corrected chi connectivity index (χ4v) is 4.59. The molecule has 0 unspecified atom stereocenters. The Morgan fingerprint density at radius 1 is 1.23 bits per heavy atom. The van der Waals surface area contributed by atoms with E-state index in [4.69, 9.17) is 9.05 Å². The van der Waals surface area contributed by atoms with Gasteiger partial charge in [-0.25, -0.2) is 0 Å². The van der Waals surface area contributed by atoms with Crippen molar-refractivity contribution < 1.29 is 22.4 Å². The van der Waals surface area contributed by atoms with E-state index in [9.17, 15) is 13.3 Å². The molecule has 0 aromatic heterocycles.